The van der Waals surface area contributed by atoms with E-state index in [1.807, 2.05) is 7.05 Å². The Morgan fingerprint density at radius 2 is 2.00 bits per heavy atom. The van der Waals surface area contributed by atoms with Crippen LogP contribution in [-0.2, 0) is 9.59 Å². The number of carbonyl (C=O) groups excluding carboxylic acids is 2. The van der Waals surface area contributed by atoms with Gasteiger partial charge in [-0.2, -0.15) is 0 Å². The molecule has 4 nitrogen and oxygen atoms in total. The molecule has 0 aromatic heterocycles. The van der Waals surface area contributed by atoms with Crippen LogP contribution in [0.5, 0.6) is 0 Å². The molecule has 0 aromatic carbocycles. The molecular weight excluding hydrogens is 192 g/mol. The maximum atomic E-state index is 11.5. The second-order valence-corrected chi connectivity index (χ2v) is 4.20. The molecule has 2 amide bonds. The summed E-state index contributed by atoms with van der Waals surface area (Å²) in [6, 6.07) is 0.423. The Labute approximate surface area is 90.5 Å². The Hall–Kier alpha value is -1.16. The van der Waals surface area contributed by atoms with Gasteiger partial charge in [-0.3, -0.25) is 14.5 Å². The third-order valence-electron chi connectivity index (χ3n) is 2.75. The molecule has 0 saturated carbocycles. The zero-order valence-electron chi connectivity index (χ0n) is 9.78. The summed E-state index contributed by atoms with van der Waals surface area (Å²) in [6.45, 7) is 7.02. The predicted molar refractivity (Wildman–Crippen MR) is 58.2 cm³/mol. The third kappa shape index (κ3) is 2.65. The van der Waals surface area contributed by atoms with Crippen LogP contribution in [0.4, 0.5) is 0 Å². The molecule has 0 aliphatic carbocycles. The molecule has 1 heterocycles. The molecule has 0 bridgehead atoms. The van der Waals surface area contributed by atoms with E-state index in [2.05, 4.69) is 18.7 Å². The number of likely N-dealkylation sites (N-methyl/N-ethyl adjacent to an activating group) is 1. The van der Waals surface area contributed by atoms with E-state index in [0.29, 0.717) is 18.2 Å². The van der Waals surface area contributed by atoms with Crippen LogP contribution >= 0.6 is 0 Å². The van der Waals surface area contributed by atoms with E-state index in [1.54, 1.807) is 6.92 Å². The van der Waals surface area contributed by atoms with Crippen LogP contribution in [0.15, 0.2) is 11.6 Å². The van der Waals surface area contributed by atoms with Crippen molar-refractivity contribution >= 4 is 11.8 Å². The minimum absolute atomic E-state index is 0.155. The van der Waals surface area contributed by atoms with E-state index in [1.165, 1.54) is 11.0 Å². The first-order valence-electron chi connectivity index (χ1n) is 5.18. The molecule has 0 aromatic rings. The van der Waals surface area contributed by atoms with E-state index in [-0.39, 0.29) is 11.8 Å². The minimum atomic E-state index is -0.186. The third-order valence-corrected chi connectivity index (χ3v) is 2.75. The summed E-state index contributed by atoms with van der Waals surface area (Å²) in [4.78, 5) is 26.3. The fourth-order valence-electron chi connectivity index (χ4n) is 1.37. The van der Waals surface area contributed by atoms with E-state index in [4.69, 9.17) is 0 Å². The summed E-state index contributed by atoms with van der Waals surface area (Å²) < 4.78 is 0. The van der Waals surface area contributed by atoms with Crippen molar-refractivity contribution in [3.63, 3.8) is 0 Å². The lowest BCUT2D eigenvalue weighted by molar-refractivity contribution is -0.137. The van der Waals surface area contributed by atoms with Crippen molar-refractivity contribution in [2.45, 2.75) is 26.8 Å². The van der Waals surface area contributed by atoms with E-state index in [0.717, 1.165) is 6.54 Å². The van der Waals surface area contributed by atoms with Crippen molar-refractivity contribution < 1.29 is 9.59 Å². The summed E-state index contributed by atoms with van der Waals surface area (Å²) in [5, 5.41) is 0. The van der Waals surface area contributed by atoms with Gasteiger partial charge in [0.1, 0.15) is 0 Å². The molecular formula is C11H18N2O2. The van der Waals surface area contributed by atoms with Crippen LogP contribution in [0.25, 0.3) is 0 Å². The molecule has 0 fully saturated rings. The van der Waals surface area contributed by atoms with Gasteiger partial charge in [0.15, 0.2) is 0 Å². The quantitative estimate of drug-likeness (QED) is 0.639. The number of amides is 2. The van der Waals surface area contributed by atoms with Gasteiger partial charge < -0.3 is 4.90 Å². The number of hydrogen-bond acceptors (Lipinski definition) is 3. The molecule has 84 valence electrons. The molecule has 4 heteroatoms. The average Bonchev–Trinajstić information content (AvgIpc) is 2.38. The van der Waals surface area contributed by atoms with Crippen molar-refractivity contribution in [3.05, 3.63) is 11.6 Å². The number of carbonyl (C=O) groups is 2. The highest BCUT2D eigenvalue weighted by Gasteiger charge is 2.27. The first-order chi connectivity index (χ1) is 6.93. The smallest absolute Gasteiger partial charge is 0.256 e. The first kappa shape index (κ1) is 11.9. The monoisotopic (exact) mass is 210 g/mol. The van der Waals surface area contributed by atoms with Crippen molar-refractivity contribution in [1.82, 2.24) is 9.80 Å². The molecule has 0 saturated heterocycles. The molecule has 0 radical (unpaired) electrons. The van der Waals surface area contributed by atoms with Gasteiger partial charge in [-0.15, -0.1) is 0 Å². The highest BCUT2D eigenvalue weighted by atomic mass is 16.2. The number of nitrogens with zero attached hydrogens (tertiary/aromatic N) is 2. The maximum absolute atomic E-state index is 11.5. The lowest BCUT2D eigenvalue weighted by atomic mass is 10.3. The van der Waals surface area contributed by atoms with Gasteiger partial charge in [0.2, 0.25) is 0 Å². The molecule has 0 spiro atoms. The Bertz CT molecular complexity index is 308. The van der Waals surface area contributed by atoms with Crippen molar-refractivity contribution in [2.75, 3.05) is 20.1 Å². The topological polar surface area (TPSA) is 40.6 Å². The van der Waals surface area contributed by atoms with Crippen LogP contribution in [0.3, 0.4) is 0 Å². The zero-order valence-corrected chi connectivity index (χ0v) is 9.78. The van der Waals surface area contributed by atoms with Gasteiger partial charge in [0.25, 0.3) is 11.8 Å². The van der Waals surface area contributed by atoms with Gasteiger partial charge in [-0.05, 0) is 27.8 Å². The number of hydrogen-bond donors (Lipinski definition) is 0. The van der Waals surface area contributed by atoms with Crippen LogP contribution < -0.4 is 0 Å². The van der Waals surface area contributed by atoms with Gasteiger partial charge in [-0.1, -0.05) is 0 Å². The van der Waals surface area contributed by atoms with Crippen LogP contribution in [0.2, 0.25) is 0 Å². The second kappa shape index (κ2) is 4.57. The molecule has 0 atom stereocenters. The maximum Gasteiger partial charge on any atom is 0.256 e. The largest absolute Gasteiger partial charge is 0.302 e. The highest BCUT2D eigenvalue weighted by Crippen LogP contribution is 2.11. The van der Waals surface area contributed by atoms with E-state index < -0.39 is 0 Å². The van der Waals surface area contributed by atoms with Gasteiger partial charge in [0.05, 0.1) is 0 Å². The SMILES string of the molecule is CC1=CC(=O)N(CCN(C)C(C)C)C1=O. The summed E-state index contributed by atoms with van der Waals surface area (Å²) in [5.74, 6) is -0.341. The molecule has 0 unspecified atom stereocenters. The Morgan fingerprint density at radius 1 is 1.40 bits per heavy atom. The van der Waals surface area contributed by atoms with Gasteiger partial charge in [0, 0.05) is 30.8 Å². The molecule has 1 rings (SSSR count). The summed E-state index contributed by atoms with van der Waals surface area (Å²) in [6.07, 6.45) is 1.40. The lowest BCUT2D eigenvalue weighted by Crippen LogP contribution is -2.39. The van der Waals surface area contributed by atoms with Crippen molar-refractivity contribution in [1.29, 1.82) is 0 Å². The fraction of sp³-hybridized carbons (Fsp3) is 0.636. The lowest BCUT2D eigenvalue weighted by Gasteiger charge is -2.23. The van der Waals surface area contributed by atoms with Crippen molar-refractivity contribution in [2.24, 2.45) is 0 Å². The van der Waals surface area contributed by atoms with Gasteiger partial charge in [-0.25, -0.2) is 0 Å². The highest BCUT2D eigenvalue weighted by molar-refractivity contribution is 6.15. The first-order valence-corrected chi connectivity index (χ1v) is 5.18. The van der Waals surface area contributed by atoms with Crippen LogP contribution in [-0.4, -0.2) is 47.8 Å². The average molecular weight is 210 g/mol. The van der Waals surface area contributed by atoms with Crippen molar-refractivity contribution in [3.8, 4) is 0 Å². The van der Waals surface area contributed by atoms with Crippen LogP contribution in [0, 0.1) is 0 Å². The molecule has 1 aliphatic heterocycles. The Morgan fingerprint density at radius 3 is 2.40 bits per heavy atom. The molecule has 0 N–H and O–H groups in total. The van der Waals surface area contributed by atoms with Gasteiger partial charge >= 0.3 is 0 Å². The predicted octanol–water partition coefficient (Wildman–Crippen LogP) is 0.642. The minimum Gasteiger partial charge on any atom is -0.302 e. The number of imide groups is 1. The zero-order chi connectivity index (χ0) is 11.6. The summed E-state index contributed by atoms with van der Waals surface area (Å²) in [7, 11) is 1.98. The summed E-state index contributed by atoms with van der Waals surface area (Å²) >= 11 is 0. The van der Waals surface area contributed by atoms with E-state index >= 15 is 0 Å². The Balaban J connectivity index is 2.48. The van der Waals surface area contributed by atoms with Crippen LogP contribution in [0.1, 0.15) is 20.8 Å². The standard InChI is InChI=1S/C11H18N2O2/c1-8(2)12(4)5-6-13-10(14)7-9(3)11(13)15/h7-8H,5-6H2,1-4H3. The Kier molecular flexibility index (Phi) is 3.63. The second-order valence-electron chi connectivity index (χ2n) is 4.20. The molecule has 15 heavy (non-hydrogen) atoms. The summed E-state index contributed by atoms with van der Waals surface area (Å²) in [5.41, 5.74) is 0.534. The normalized spacial score (nSPS) is 16.9. The molecule has 1 aliphatic rings. The fourth-order valence-corrected chi connectivity index (χ4v) is 1.37. The number of rotatable bonds is 4. The van der Waals surface area contributed by atoms with E-state index in [9.17, 15) is 9.59 Å².